The monoisotopic (exact) mass is 297 g/mol. The lowest BCUT2D eigenvalue weighted by atomic mass is 10.0. The normalized spacial score (nSPS) is 25.9. The van der Waals surface area contributed by atoms with Crippen molar-refractivity contribution in [1.82, 2.24) is 15.1 Å². The molecule has 2 aliphatic heterocycles. The number of amidine groups is 1. The van der Waals surface area contributed by atoms with E-state index in [-0.39, 0.29) is 17.9 Å². The number of amides is 2. The Balaban J connectivity index is 1.71. The van der Waals surface area contributed by atoms with Gasteiger partial charge in [0, 0.05) is 32.2 Å². The van der Waals surface area contributed by atoms with E-state index in [0.717, 1.165) is 45.4 Å². The van der Waals surface area contributed by atoms with Crippen molar-refractivity contribution in [2.75, 3.05) is 32.7 Å². The van der Waals surface area contributed by atoms with Gasteiger partial charge in [-0.2, -0.15) is 0 Å². The van der Waals surface area contributed by atoms with Crippen LogP contribution in [0.3, 0.4) is 0 Å². The van der Waals surface area contributed by atoms with Crippen LogP contribution in [0.5, 0.6) is 0 Å². The molecule has 120 valence electrons. The number of hydrogen-bond acceptors (Lipinski definition) is 4. The molecule has 0 radical (unpaired) electrons. The molecule has 1 atom stereocenters. The first kappa shape index (κ1) is 15.9. The van der Waals surface area contributed by atoms with Gasteiger partial charge in [0.15, 0.2) is 5.84 Å². The molecule has 7 nitrogen and oxygen atoms in total. The second-order valence-corrected chi connectivity index (χ2v) is 6.28. The Hall–Kier alpha value is -1.50. The Kier molecular flexibility index (Phi) is 5.67. The number of hydrogen-bond donors (Lipinski definition) is 3. The SMILES string of the molecule is CC1CCCN(C(=O)NC2CCN(CC(N)=NO)CC2)C1. The summed E-state index contributed by atoms with van der Waals surface area (Å²) < 4.78 is 0. The van der Waals surface area contributed by atoms with Crippen molar-refractivity contribution >= 4 is 11.9 Å². The molecular formula is C14H27N5O2. The number of nitrogens with one attached hydrogen (secondary N) is 1. The van der Waals surface area contributed by atoms with Gasteiger partial charge in [0.25, 0.3) is 0 Å². The van der Waals surface area contributed by atoms with Gasteiger partial charge in [0.2, 0.25) is 0 Å². The van der Waals surface area contributed by atoms with Gasteiger partial charge in [-0.3, -0.25) is 4.90 Å². The summed E-state index contributed by atoms with van der Waals surface area (Å²) in [7, 11) is 0. The van der Waals surface area contributed by atoms with E-state index in [9.17, 15) is 4.79 Å². The van der Waals surface area contributed by atoms with E-state index in [1.807, 2.05) is 4.90 Å². The maximum absolute atomic E-state index is 12.2. The highest BCUT2D eigenvalue weighted by atomic mass is 16.4. The molecule has 4 N–H and O–H groups in total. The van der Waals surface area contributed by atoms with Crippen molar-refractivity contribution in [2.45, 2.75) is 38.6 Å². The van der Waals surface area contributed by atoms with Crippen molar-refractivity contribution in [3.05, 3.63) is 0 Å². The molecule has 2 saturated heterocycles. The van der Waals surface area contributed by atoms with Crippen molar-refractivity contribution in [3.8, 4) is 0 Å². The number of nitrogens with two attached hydrogens (primary N) is 1. The van der Waals surface area contributed by atoms with Crippen molar-refractivity contribution in [1.29, 1.82) is 0 Å². The van der Waals surface area contributed by atoms with E-state index in [2.05, 4.69) is 22.3 Å². The number of likely N-dealkylation sites (tertiary alicyclic amines) is 2. The molecular weight excluding hydrogens is 270 g/mol. The Morgan fingerprint density at radius 2 is 2.05 bits per heavy atom. The fraction of sp³-hybridized carbons (Fsp3) is 0.857. The molecule has 2 aliphatic rings. The van der Waals surface area contributed by atoms with Crippen LogP contribution in [0.1, 0.15) is 32.6 Å². The first-order valence-electron chi connectivity index (χ1n) is 7.82. The molecule has 7 heteroatoms. The molecule has 2 rings (SSSR count). The molecule has 0 aromatic rings. The molecule has 2 amide bonds. The van der Waals surface area contributed by atoms with E-state index >= 15 is 0 Å². The molecule has 0 aromatic carbocycles. The minimum atomic E-state index is 0.0800. The lowest BCUT2D eigenvalue weighted by Gasteiger charge is -2.35. The number of carbonyl (C=O) groups excluding carboxylic acids is 1. The molecule has 2 heterocycles. The Labute approximate surface area is 126 Å². The molecule has 0 spiro atoms. The van der Waals surface area contributed by atoms with E-state index < -0.39 is 0 Å². The predicted octanol–water partition coefficient (Wildman–Crippen LogP) is 0.639. The summed E-state index contributed by atoms with van der Waals surface area (Å²) >= 11 is 0. The standard InChI is InChI=1S/C14H27N5O2/c1-11-3-2-6-19(9-11)14(20)16-12-4-7-18(8-5-12)10-13(15)17-21/h11-12,21H,2-10H2,1H3,(H2,15,17)(H,16,20). The predicted molar refractivity (Wildman–Crippen MR) is 81.4 cm³/mol. The average molecular weight is 297 g/mol. The molecule has 2 fully saturated rings. The van der Waals surface area contributed by atoms with Crippen LogP contribution in [0, 0.1) is 5.92 Å². The fourth-order valence-corrected chi connectivity index (χ4v) is 3.14. The smallest absolute Gasteiger partial charge is 0.317 e. The summed E-state index contributed by atoms with van der Waals surface area (Å²) in [4.78, 5) is 16.3. The lowest BCUT2D eigenvalue weighted by molar-refractivity contribution is 0.157. The highest BCUT2D eigenvalue weighted by Crippen LogP contribution is 2.16. The summed E-state index contributed by atoms with van der Waals surface area (Å²) in [5, 5.41) is 14.7. The largest absolute Gasteiger partial charge is 0.409 e. The van der Waals surface area contributed by atoms with E-state index in [1.54, 1.807) is 0 Å². The first-order valence-corrected chi connectivity index (χ1v) is 7.82. The highest BCUT2D eigenvalue weighted by Gasteiger charge is 2.25. The van der Waals surface area contributed by atoms with Gasteiger partial charge in [-0.05, 0) is 31.6 Å². The van der Waals surface area contributed by atoms with Crippen molar-refractivity contribution < 1.29 is 10.0 Å². The van der Waals surface area contributed by atoms with Gasteiger partial charge in [-0.25, -0.2) is 4.79 Å². The Bertz CT molecular complexity index is 380. The van der Waals surface area contributed by atoms with Crippen LogP contribution in [0.2, 0.25) is 0 Å². The summed E-state index contributed by atoms with van der Waals surface area (Å²) in [5.74, 6) is 0.840. The molecule has 0 bridgehead atoms. The van der Waals surface area contributed by atoms with Gasteiger partial charge in [0.05, 0.1) is 6.54 Å². The molecule has 0 saturated carbocycles. The number of urea groups is 1. The quantitative estimate of drug-likeness (QED) is 0.308. The number of nitrogens with zero attached hydrogens (tertiary/aromatic N) is 3. The van der Waals surface area contributed by atoms with Crippen LogP contribution >= 0.6 is 0 Å². The van der Waals surface area contributed by atoms with Gasteiger partial charge in [0.1, 0.15) is 0 Å². The van der Waals surface area contributed by atoms with Crippen LogP contribution in [-0.4, -0.2) is 65.6 Å². The highest BCUT2D eigenvalue weighted by molar-refractivity contribution is 5.81. The third kappa shape index (κ3) is 4.77. The second kappa shape index (κ2) is 7.49. The molecule has 0 aromatic heterocycles. The molecule has 21 heavy (non-hydrogen) atoms. The minimum Gasteiger partial charge on any atom is -0.409 e. The van der Waals surface area contributed by atoms with Gasteiger partial charge >= 0.3 is 6.03 Å². The first-order chi connectivity index (χ1) is 10.1. The summed E-state index contributed by atoms with van der Waals surface area (Å²) in [6.45, 7) is 6.15. The van der Waals surface area contributed by atoms with Gasteiger partial charge in [-0.1, -0.05) is 12.1 Å². The zero-order valence-electron chi connectivity index (χ0n) is 12.8. The zero-order valence-corrected chi connectivity index (χ0v) is 12.8. The third-order valence-electron chi connectivity index (χ3n) is 4.37. The van der Waals surface area contributed by atoms with Crippen LogP contribution in [0.25, 0.3) is 0 Å². The van der Waals surface area contributed by atoms with Crippen LogP contribution in [-0.2, 0) is 0 Å². The summed E-state index contributed by atoms with van der Waals surface area (Å²) in [6.07, 6.45) is 4.14. The number of rotatable bonds is 3. The maximum Gasteiger partial charge on any atom is 0.317 e. The van der Waals surface area contributed by atoms with E-state index in [1.165, 1.54) is 6.42 Å². The van der Waals surface area contributed by atoms with E-state index in [0.29, 0.717) is 12.5 Å². The minimum absolute atomic E-state index is 0.0800. The second-order valence-electron chi connectivity index (χ2n) is 6.28. The number of piperidine rings is 2. The molecule has 1 unspecified atom stereocenters. The van der Waals surface area contributed by atoms with Crippen molar-refractivity contribution in [2.24, 2.45) is 16.8 Å². The third-order valence-corrected chi connectivity index (χ3v) is 4.37. The van der Waals surface area contributed by atoms with Gasteiger partial charge < -0.3 is 21.2 Å². The summed E-state index contributed by atoms with van der Waals surface area (Å²) in [5.41, 5.74) is 5.51. The van der Waals surface area contributed by atoms with E-state index in [4.69, 9.17) is 10.9 Å². The van der Waals surface area contributed by atoms with Crippen LogP contribution < -0.4 is 11.1 Å². The van der Waals surface area contributed by atoms with Gasteiger partial charge in [-0.15, -0.1) is 0 Å². The Morgan fingerprint density at radius 3 is 2.67 bits per heavy atom. The fourth-order valence-electron chi connectivity index (χ4n) is 3.14. The number of carbonyl (C=O) groups is 1. The average Bonchev–Trinajstić information content (AvgIpc) is 2.49. The topological polar surface area (TPSA) is 94.2 Å². The lowest BCUT2D eigenvalue weighted by Crippen LogP contribution is -2.51. The Morgan fingerprint density at radius 1 is 1.33 bits per heavy atom. The summed E-state index contributed by atoms with van der Waals surface area (Å²) in [6, 6.07) is 0.315. The number of oxime groups is 1. The van der Waals surface area contributed by atoms with Crippen LogP contribution in [0.15, 0.2) is 5.16 Å². The van der Waals surface area contributed by atoms with Crippen molar-refractivity contribution in [3.63, 3.8) is 0 Å². The molecule has 0 aliphatic carbocycles. The maximum atomic E-state index is 12.2. The van der Waals surface area contributed by atoms with Crippen LogP contribution in [0.4, 0.5) is 4.79 Å². The zero-order chi connectivity index (χ0) is 15.2.